The predicted molar refractivity (Wildman–Crippen MR) is 60.3 cm³/mol. The Morgan fingerprint density at radius 3 is 2.21 bits per heavy atom. The molecular formula is C12H24N2. The van der Waals surface area contributed by atoms with Gasteiger partial charge in [-0.15, -0.1) is 0 Å². The molecule has 2 rings (SSSR count). The number of hydrogen-bond donors (Lipinski definition) is 1. The lowest BCUT2D eigenvalue weighted by atomic mass is 10.0. The molecule has 2 aliphatic rings. The summed E-state index contributed by atoms with van der Waals surface area (Å²) in [5.74, 6) is 0. The van der Waals surface area contributed by atoms with E-state index in [-0.39, 0.29) is 0 Å². The summed E-state index contributed by atoms with van der Waals surface area (Å²) in [5, 5.41) is 0. The van der Waals surface area contributed by atoms with Crippen LogP contribution in [0.15, 0.2) is 0 Å². The van der Waals surface area contributed by atoms with E-state index in [4.69, 9.17) is 5.73 Å². The molecule has 82 valence electrons. The van der Waals surface area contributed by atoms with Crippen LogP contribution in [0.3, 0.4) is 0 Å². The molecule has 0 radical (unpaired) electrons. The minimum absolute atomic E-state index is 0.451. The summed E-state index contributed by atoms with van der Waals surface area (Å²) in [7, 11) is 0. The zero-order valence-electron chi connectivity index (χ0n) is 9.25. The maximum atomic E-state index is 6.03. The molecule has 1 heterocycles. The molecule has 2 N–H and O–H groups in total. The van der Waals surface area contributed by atoms with Crippen molar-refractivity contribution in [3.63, 3.8) is 0 Å². The fourth-order valence-corrected chi connectivity index (χ4v) is 2.99. The van der Waals surface area contributed by atoms with Gasteiger partial charge in [0.05, 0.1) is 0 Å². The Kier molecular flexibility index (Phi) is 3.82. The highest BCUT2D eigenvalue weighted by atomic mass is 15.2. The molecule has 2 nitrogen and oxygen atoms in total. The van der Waals surface area contributed by atoms with Gasteiger partial charge in [0.25, 0.3) is 0 Å². The number of rotatable bonds is 1. The Labute approximate surface area is 87.8 Å². The smallest absolute Gasteiger partial charge is 0.0168 e. The topological polar surface area (TPSA) is 29.3 Å². The van der Waals surface area contributed by atoms with Crippen LogP contribution < -0.4 is 5.73 Å². The fraction of sp³-hybridized carbons (Fsp3) is 1.00. The number of hydrogen-bond acceptors (Lipinski definition) is 2. The standard InChI is InChI=1S/C12H24N2/c13-11-6-5-9-14(10-11)12-7-3-1-2-4-8-12/h11-12H,1-10,13H2/t11-/m1/s1. The number of piperidine rings is 1. The average molecular weight is 196 g/mol. The Morgan fingerprint density at radius 1 is 0.857 bits per heavy atom. The van der Waals surface area contributed by atoms with Crippen molar-refractivity contribution >= 4 is 0 Å². The SMILES string of the molecule is N[C@@H]1CCCN(C2CCCCCC2)C1. The van der Waals surface area contributed by atoms with Crippen LogP contribution in [0.4, 0.5) is 0 Å². The third kappa shape index (κ3) is 2.71. The predicted octanol–water partition coefficient (Wildman–Crippen LogP) is 2.13. The number of nitrogens with zero attached hydrogens (tertiary/aromatic N) is 1. The molecule has 1 aliphatic carbocycles. The monoisotopic (exact) mass is 196 g/mol. The first-order valence-electron chi connectivity index (χ1n) is 6.36. The molecule has 1 saturated heterocycles. The molecule has 1 atom stereocenters. The molecule has 0 unspecified atom stereocenters. The minimum atomic E-state index is 0.451. The van der Waals surface area contributed by atoms with Gasteiger partial charge in [-0.3, -0.25) is 4.90 Å². The van der Waals surface area contributed by atoms with E-state index in [0.29, 0.717) is 6.04 Å². The first kappa shape index (κ1) is 10.4. The molecule has 0 spiro atoms. The van der Waals surface area contributed by atoms with E-state index >= 15 is 0 Å². The average Bonchev–Trinajstić information content (AvgIpc) is 2.45. The molecule has 0 bridgehead atoms. The van der Waals surface area contributed by atoms with Gasteiger partial charge in [-0.25, -0.2) is 0 Å². The highest BCUT2D eigenvalue weighted by Crippen LogP contribution is 2.24. The zero-order valence-corrected chi connectivity index (χ0v) is 9.25. The molecule has 0 aromatic rings. The summed E-state index contributed by atoms with van der Waals surface area (Å²) in [6, 6.07) is 1.32. The van der Waals surface area contributed by atoms with E-state index in [0.717, 1.165) is 12.6 Å². The molecule has 2 fully saturated rings. The van der Waals surface area contributed by atoms with Crippen LogP contribution in [0.2, 0.25) is 0 Å². The summed E-state index contributed by atoms with van der Waals surface area (Å²) < 4.78 is 0. The molecule has 2 heteroatoms. The van der Waals surface area contributed by atoms with Gasteiger partial charge in [0, 0.05) is 18.6 Å². The van der Waals surface area contributed by atoms with E-state index < -0.39 is 0 Å². The van der Waals surface area contributed by atoms with Crippen molar-refractivity contribution in [3.8, 4) is 0 Å². The molecule has 0 amide bonds. The van der Waals surface area contributed by atoms with Crippen LogP contribution in [0.5, 0.6) is 0 Å². The second kappa shape index (κ2) is 5.13. The third-order valence-electron chi connectivity index (χ3n) is 3.83. The molecule has 14 heavy (non-hydrogen) atoms. The van der Waals surface area contributed by atoms with Crippen LogP contribution >= 0.6 is 0 Å². The van der Waals surface area contributed by atoms with Crippen molar-refractivity contribution in [1.82, 2.24) is 4.90 Å². The van der Waals surface area contributed by atoms with Gasteiger partial charge in [0.2, 0.25) is 0 Å². The van der Waals surface area contributed by atoms with Crippen LogP contribution in [0, 0.1) is 0 Å². The van der Waals surface area contributed by atoms with E-state index in [1.54, 1.807) is 0 Å². The molecule has 1 saturated carbocycles. The summed E-state index contributed by atoms with van der Waals surface area (Å²) in [4.78, 5) is 2.67. The first-order valence-corrected chi connectivity index (χ1v) is 6.36. The van der Waals surface area contributed by atoms with Gasteiger partial charge in [-0.1, -0.05) is 25.7 Å². The van der Waals surface area contributed by atoms with Crippen molar-refractivity contribution in [1.29, 1.82) is 0 Å². The normalized spacial score (nSPS) is 32.8. The van der Waals surface area contributed by atoms with Crippen molar-refractivity contribution < 1.29 is 0 Å². The van der Waals surface area contributed by atoms with E-state index in [9.17, 15) is 0 Å². The Bertz CT molecular complexity index is 162. The fourth-order valence-electron chi connectivity index (χ4n) is 2.99. The zero-order chi connectivity index (χ0) is 9.80. The number of likely N-dealkylation sites (tertiary alicyclic amines) is 1. The van der Waals surface area contributed by atoms with Gasteiger partial charge in [0.1, 0.15) is 0 Å². The Balaban J connectivity index is 1.85. The lowest BCUT2D eigenvalue weighted by molar-refractivity contribution is 0.136. The second-order valence-corrected chi connectivity index (χ2v) is 5.04. The van der Waals surface area contributed by atoms with Crippen LogP contribution in [0.25, 0.3) is 0 Å². The van der Waals surface area contributed by atoms with E-state index in [1.807, 2.05) is 0 Å². The third-order valence-corrected chi connectivity index (χ3v) is 3.83. The van der Waals surface area contributed by atoms with Crippen LogP contribution in [-0.4, -0.2) is 30.1 Å². The largest absolute Gasteiger partial charge is 0.327 e. The van der Waals surface area contributed by atoms with E-state index in [1.165, 1.54) is 57.9 Å². The second-order valence-electron chi connectivity index (χ2n) is 5.04. The summed E-state index contributed by atoms with van der Waals surface area (Å²) in [6.07, 6.45) is 11.2. The van der Waals surface area contributed by atoms with E-state index in [2.05, 4.69) is 4.90 Å². The van der Waals surface area contributed by atoms with Gasteiger partial charge in [-0.2, -0.15) is 0 Å². The molecule has 1 aliphatic heterocycles. The Morgan fingerprint density at radius 2 is 1.57 bits per heavy atom. The summed E-state index contributed by atoms with van der Waals surface area (Å²) in [5.41, 5.74) is 6.03. The quantitative estimate of drug-likeness (QED) is 0.651. The van der Waals surface area contributed by atoms with Gasteiger partial charge in [0.15, 0.2) is 0 Å². The highest BCUT2D eigenvalue weighted by Gasteiger charge is 2.24. The van der Waals surface area contributed by atoms with Crippen molar-refractivity contribution in [2.75, 3.05) is 13.1 Å². The molecule has 0 aromatic carbocycles. The van der Waals surface area contributed by atoms with Crippen molar-refractivity contribution in [2.45, 2.75) is 63.5 Å². The lowest BCUT2D eigenvalue weighted by Gasteiger charge is -2.36. The maximum Gasteiger partial charge on any atom is 0.0168 e. The van der Waals surface area contributed by atoms with Gasteiger partial charge < -0.3 is 5.73 Å². The minimum Gasteiger partial charge on any atom is -0.327 e. The first-order chi connectivity index (χ1) is 6.86. The van der Waals surface area contributed by atoms with Crippen LogP contribution in [-0.2, 0) is 0 Å². The van der Waals surface area contributed by atoms with Gasteiger partial charge in [-0.05, 0) is 32.2 Å². The summed E-state index contributed by atoms with van der Waals surface area (Å²) >= 11 is 0. The maximum absolute atomic E-state index is 6.03. The number of nitrogens with two attached hydrogens (primary N) is 1. The van der Waals surface area contributed by atoms with Crippen LogP contribution in [0.1, 0.15) is 51.4 Å². The highest BCUT2D eigenvalue weighted by molar-refractivity contribution is 4.81. The Hall–Kier alpha value is -0.0800. The van der Waals surface area contributed by atoms with Gasteiger partial charge >= 0.3 is 0 Å². The van der Waals surface area contributed by atoms with Crippen molar-refractivity contribution in [3.05, 3.63) is 0 Å². The van der Waals surface area contributed by atoms with Crippen molar-refractivity contribution in [2.24, 2.45) is 5.73 Å². The molecular weight excluding hydrogens is 172 g/mol. The molecule has 0 aromatic heterocycles. The summed E-state index contributed by atoms with van der Waals surface area (Å²) in [6.45, 7) is 2.46. The lowest BCUT2D eigenvalue weighted by Crippen LogP contribution is -2.47.